The minimum Gasteiger partial charge on any atom is -0.342 e. The normalized spacial score (nSPS) is 21.7. The van der Waals surface area contributed by atoms with Gasteiger partial charge in [-0.05, 0) is 53.9 Å². The summed E-state index contributed by atoms with van der Waals surface area (Å²) in [5.41, 5.74) is -1.36. The highest BCUT2D eigenvalue weighted by molar-refractivity contribution is 8.00. The van der Waals surface area contributed by atoms with Gasteiger partial charge in [0.05, 0.1) is 11.0 Å². The third kappa shape index (κ3) is 7.60. The predicted molar refractivity (Wildman–Crippen MR) is 149 cm³/mol. The van der Waals surface area contributed by atoms with E-state index in [1.165, 1.54) is 18.2 Å². The van der Waals surface area contributed by atoms with Crippen molar-refractivity contribution in [3.05, 3.63) is 64.1 Å². The van der Waals surface area contributed by atoms with Crippen molar-refractivity contribution in [2.75, 3.05) is 13.1 Å². The van der Waals surface area contributed by atoms with Crippen molar-refractivity contribution >= 4 is 68.0 Å². The zero-order chi connectivity index (χ0) is 30.2. The average Bonchev–Trinajstić information content (AvgIpc) is 3.22. The molecular formula is C24H24Cl3F3N4O5S2. The van der Waals surface area contributed by atoms with Crippen LogP contribution in [0.5, 0.6) is 0 Å². The number of likely N-dealkylation sites (tertiary alicyclic amines) is 1. The van der Waals surface area contributed by atoms with Crippen LogP contribution in [-0.4, -0.2) is 65.0 Å². The molecule has 1 fully saturated rings. The fourth-order valence-corrected chi connectivity index (χ4v) is 7.55. The third-order valence-electron chi connectivity index (χ3n) is 6.25. The average molecular weight is 676 g/mol. The number of nitrogens with zero attached hydrogens (tertiary/aromatic N) is 4. The quantitative estimate of drug-likeness (QED) is 0.189. The van der Waals surface area contributed by atoms with E-state index < -0.39 is 44.1 Å². The summed E-state index contributed by atoms with van der Waals surface area (Å²) < 4.78 is 70.0. The number of carbonyl (C=O) groups is 1. The molecule has 0 saturated carbocycles. The fraction of sp³-hybridized carbons (Fsp3) is 0.417. The van der Waals surface area contributed by atoms with Gasteiger partial charge in [-0.2, -0.15) is 22.6 Å². The van der Waals surface area contributed by atoms with Gasteiger partial charge in [0.25, 0.3) is 10.0 Å². The molecule has 4 rings (SSSR count). The van der Waals surface area contributed by atoms with Crippen LogP contribution in [0.2, 0.25) is 10.0 Å². The van der Waals surface area contributed by atoms with Gasteiger partial charge in [0.1, 0.15) is 0 Å². The number of hydrogen-bond donors (Lipinski definition) is 0. The van der Waals surface area contributed by atoms with Gasteiger partial charge in [-0.25, -0.2) is 13.2 Å². The van der Waals surface area contributed by atoms with Gasteiger partial charge in [0.15, 0.2) is 0 Å². The van der Waals surface area contributed by atoms with E-state index in [0.717, 1.165) is 22.8 Å². The fourth-order valence-electron chi connectivity index (χ4n) is 4.40. The van der Waals surface area contributed by atoms with Crippen LogP contribution in [0.3, 0.4) is 0 Å². The summed E-state index contributed by atoms with van der Waals surface area (Å²) in [5.74, 6) is -2.74. The molecule has 2 unspecified atom stereocenters. The summed E-state index contributed by atoms with van der Waals surface area (Å²) in [7, 11) is -4.83. The molecule has 0 spiro atoms. The first kappa shape index (κ1) is 32.1. The van der Waals surface area contributed by atoms with Crippen LogP contribution >= 0.6 is 46.8 Å². The molecule has 0 bridgehead atoms. The Labute approximate surface area is 254 Å². The number of hydrogen-bond acceptors (Lipinski definition) is 9. The summed E-state index contributed by atoms with van der Waals surface area (Å²) >= 11 is 18.9. The maximum Gasteiger partial charge on any atom is 0.492 e. The van der Waals surface area contributed by atoms with E-state index in [2.05, 4.69) is 14.1 Å². The van der Waals surface area contributed by atoms with Crippen LogP contribution in [0.25, 0.3) is 0 Å². The number of rotatable bonds is 8. The second-order valence-corrected chi connectivity index (χ2v) is 13.7. The number of hydroxylamine groups is 3. The minimum atomic E-state index is -5.48. The molecule has 2 aromatic rings. The first-order valence-corrected chi connectivity index (χ1v) is 15.4. The Bertz CT molecular complexity index is 1400. The molecule has 2 aliphatic heterocycles. The van der Waals surface area contributed by atoms with Crippen LogP contribution in [0.4, 0.5) is 13.2 Å². The molecule has 0 N–H and O–H groups in total. The molecule has 0 aromatic heterocycles. The molecule has 41 heavy (non-hydrogen) atoms. The lowest BCUT2D eigenvalue weighted by molar-refractivity contribution is -0.256. The van der Waals surface area contributed by atoms with E-state index >= 15 is 0 Å². The maximum absolute atomic E-state index is 13.4. The molecule has 17 heteroatoms. The Morgan fingerprint density at radius 2 is 1.78 bits per heavy atom. The van der Waals surface area contributed by atoms with E-state index in [-0.39, 0.29) is 9.76 Å². The number of halogens is 6. The largest absolute Gasteiger partial charge is 0.492 e. The molecule has 224 valence electrons. The van der Waals surface area contributed by atoms with Crippen LogP contribution < -0.4 is 0 Å². The monoisotopic (exact) mass is 674 g/mol. The highest BCUT2D eigenvalue weighted by Gasteiger charge is 2.51. The Morgan fingerprint density at radius 3 is 2.37 bits per heavy atom. The standard InChI is InChI=1S/C24H24Cl3F3N4O5S2/c1-23(2)14-32(13-15-10-16(25)12-17(26)11-15)9-8-19(23)38-33-21(27)31-40-22(33)34(39-20(35)24(28,29)30)41(36,37)18-6-4-3-5-7-18/h3-7,10-12,19,22H,8-9,13-14H2,1-2H3. The molecule has 2 heterocycles. The van der Waals surface area contributed by atoms with Gasteiger partial charge in [-0.15, -0.1) is 0 Å². The number of carbonyl (C=O) groups excluding carboxylic acids is 1. The van der Waals surface area contributed by atoms with Gasteiger partial charge in [-0.3, -0.25) is 9.74 Å². The van der Waals surface area contributed by atoms with Gasteiger partial charge >= 0.3 is 12.1 Å². The molecular weight excluding hydrogens is 652 g/mol. The second kappa shape index (κ2) is 12.4. The smallest absolute Gasteiger partial charge is 0.342 e. The molecule has 0 radical (unpaired) electrons. The topological polar surface area (TPSA) is 91.8 Å². The van der Waals surface area contributed by atoms with Crippen molar-refractivity contribution in [3.8, 4) is 0 Å². The van der Waals surface area contributed by atoms with E-state index in [0.29, 0.717) is 48.0 Å². The summed E-state index contributed by atoms with van der Waals surface area (Å²) in [5, 5.41) is 1.52. The lowest BCUT2D eigenvalue weighted by atomic mass is 9.81. The maximum atomic E-state index is 13.4. The number of alkyl halides is 3. The van der Waals surface area contributed by atoms with Crippen molar-refractivity contribution in [2.45, 2.75) is 49.5 Å². The third-order valence-corrected chi connectivity index (χ3v) is 9.63. The van der Waals surface area contributed by atoms with Crippen molar-refractivity contribution in [3.63, 3.8) is 0 Å². The summed E-state index contributed by atoms with van der Waals surface area (Å²) in [6.07, 6.45) is -5.62. The van der Waals surface area contributed by atoms with Crippen molar-refractivity contribution in [2.24, 2.45) is 9.81 Å². The molecule has 9 nitrogen and oxygen atoms in total. The number of benzene rings is 2. The minimum absolute atomic E-state index is 0.0906. The molecule has 2 aromatic carbocycles. The molecule has 1 saturated heterocycles. The van der Waals surface area contributed by atoms with Crippen LogP contribution in [0, 0.1) is 5.41 Å². The molecule has 0 amide bonds. The van der Waals surface area contributed by atoms with Crippen LogP contribution in [0.1, 0.15) is 25.8 Å². The SMILES string of the molecule is CC1(C)CN(Cc2cc(Cl)cc(Cl)c2)CCC1ON1C(Cl)=NSC1N(OC(=O)C(F)(F)F)S(=O)(=O)c1ccccc1. The summed E-state index contributed by atoms with van der Waals surface area (Å²) in [6, 6.07) is 11.8. The Kier molecular flexibility index (Phi) is 9.76. The van der Waals surface area contributed by atoms with Gasteiger partial charge in [0, 0.05) is 51.5 Å². The number of amidine groups is 1. The van der Waals surface area contributed by atoms with Crippen LogP contribution in [-0.2, 0) is 31.0 Å². The Morgan fingerprint density at radius 1 is 1.15 bits per heavy atom. The first-order chi connectivity index (χ1) is 19.1. The second-order valence-electron chi connectivity index (χ2n) is 9.93. The van der Waals surface area contributed by atoms with Crippen LogP contribution in [0.15, 0.2) is 57.8 Å². The van der Waals surface area contributed by atoms with E-state index in [4.69, 9.17) is 39.6 Å². The van der Waals surface area contributed by atoms with Crippen molar-refractivity contribution in [1.82, 2.24) is 14.4 Å². The molecule has 0 aliphatic carbocycles. The lowest BCUT2D eigenvalue weighted by Crippen LogP contribution is -2.55. The molecule has 2 aliphatic rings. The van der Waals surface area contributed by atoms with E-state index in [1.54, 1.807) is 6.07 Å². The zero-order valence-corrected chi connectivity index (χ0v) is 25.4. The number of piperidine rings is 1. The Hall–Kier alpha value is -1.78. The zero-order valence-electron chi connectivity index (χ0n) is 21.5. The summed E-state index contributed by atoms with van der Waals surface area (Å²) in [4.78, 5) is 24.1. The highest BCUT2D eigenvalue weighted by atomic mass is 35.5. The van der Waals surface area contributed by atoms with E-state index in [1.807, 2.05) is 26.0 Å². The van der Waals surface area contributed by atoms with E-state index in [9.17, 15) is 26.4 Å². The lowest BCUT2D eigenvalue weighted by Gasteiger charge is -2.45. The van der Waals surface area contributed by atoms with Crippen molar-refractivity contribution in [1.29, 1.82) is 0 Å². The highest BCUT2D eigenvalue weighted by Crippen LogP contribution is 2.39. The number of sulfonamides is 1. The first-order valence-electron chi connectivity index (χ1n) is 12.0. The van der Waals surface area contributed by atoms with Gasteiger partial charge < -0.3 is 4.84 Å². The van der Waals surface area contributed by atoms with Crippen molar-refractivity contribution < 1.29 is 36.1 Å². The predicted octanol–water partition coefficient (Wildman–Crippen LogP) is 6.08. The van der Waals surface area contributed by atoms with Gasteiger partial charge in [-0.1, -0.05) is 55.2 Å². The van der Waals surface area contributed by atoms with Gasteiger partial charge in [0.2, 0.25) is 10.8 Å². The summed E-state index contributed by atoms with van der Waals surface area (Å²) in [6.45, 7) is 5.46. The molecule has 2 atom stereocenters. The Balaban J connectivity index is 1.55.